The lowest BCUT2D eigenvalue weighted by atomic mass is 9.77. The number of benzene rings is 2. The van der Waals surface area contributed by atoms with Gasteiger partial charge in [0.2, 0.25) is 5.78 Å². The minimum atomic E-state index is -0.363. The summed E-state index contributed by atoms with van der Waals surface area (Å²) in [5.41, 5.74) is 8.59. The maximum absolute atomic E-state index is 13.3. The Morgan fingerprint density at radius 2 is 1.40 bits per heavy atom. The smallest absolute Gasteiger partial charge is 0.200 e. The summed E-state index contributed by atoms with van der Waals surface area (Å²) < 4.78 is 1.70. The van der Waals surface area contributed by atoms with Crippen LogP contribution in [0.1, 0.15) is 49.9 Å². The molecule has 2 aromatic rings. The molecule has 0 spiro atoms. The third-order valence-electron chi connectivity index (χ3n) is 8.20. The van der Waals surface area contributed by atoms with Gasteiger partial charge in [0.1, 0.15) is 18.8 Å². The number of aliphatic hydroxyl groups excluding tert-OH is 1. The predicted molar refractivity (Wildman–Crippen MR) is 164 cm³/mol. The van der Waals surface area contributed by atoms with E-state index in [1.54, 1.807) is 6.08 Å². The summed E-state index contributed by atoms with van der Waals surface area (Å²) in [6.45, 7) is 10.4. The Bertz CT molecular complexity index is 1550. The molecule has 0 saturated heterocycles. The Morgan fingerprint density at radius 3 is 1.98 bits per heavy atom. The molecular formula is C34H44N4O2+2. The van der Waals surface area contributed by atoms with Crippen molar-refractivity contribution in [1.82, 2.24) is 0 Å². The van der Waals surface area contributed by atoms with Gasteiger partial charge in [0.25, 0.3) is 0 Å². The van der Waals surface area contributed by atoms with E-state index in [0.29, 0.717) is 11.1 Å². The quantitative estimate of drug-likeness (QED) is 0.345. The van der Waals surface area contributed by atoms with E-state index in [4.69, 9.17) is 4.99 Å². The summed E-state index contributed by atoms with van der Waals surface area (Å²) >= 11 is 0. The lowest BCUT2D eigenvalue weighted by Gasteiger charge is -2.27. The third kappa shape index (κ3) is 4.95. The van der Waals surface area contributed by atoms with Crippen LogP contribution in [0.3, 0.4) is 0 Å². The van der Waals surface area contributed by atoms with Crippen LogP contribution in [0.4, 0.5) is 11.4 Å². The Labute approximate surface area is 239 Å². The van der Waals surface area contributed by atoms with Gasteiger partial charge in [-0.3, -0.25) is 9.79 Å². The lowest BCUT2D eigenvalue weighted by Crippen LogP contribution is -2.33. The average Bonchev–Trinajstić information content (AvgIpc) is 3.22. The number of carbonyl (C=O) groups is 1. The lowest BCUT2D eigenvalue weighted by molar-refractivity contribution is -0.884. The highest BCUT2D eigenvalue weighted by Gasteiger charge is 2.41. The average molecular weight is 541 g/mol. The number of nitrogens with zero attached hydrogens (tertiary/aromatic N) is 3. The van der Waals surface area contributed by atoms with Crippen molar-refractivity contribution >= 4 is 22.9 Å². The predicted octanol–water partition coefficient (Wildman–Crippen LogP) is 6.07. The van der Waals surface area contributed by atoms with Gasteiger partial charge in [0.05, 0.1) is 64.8 Å². The number of ketones is 1. The van der Waals surface area contributed by atoms with Crippen molar-refractivity contribution < 1.29 is 18.9 Å². The number of aliphatic imine (C=N–C) groups is 1. The molecule has 0 bridgehead atoms. The molecule has 6 nitrogen and oxygen atoms in total. The molecular weight excluding hydrogens is 496 g/mol. The van der Waals surface area contributed by atoms with Crippen LogP contribution < -0.4 is 5.32 Å². The first-order chi connectivity index (χ1) is 18.4. The van der Waals surface area contributed by atoms with Gasteiger partial charge in [-0.25, -0.2) is 0 Å². The standard InChI is InChI=1S/C34H42N4O2/c1-33(2)25-15-21(19-37(5,6)7)11-13-27(25)35-29(33)17-23-31(39)24(32(23)40)18-30-34(3,4)26-16-22(20-38(8,9)10)12-14-28(26)36-30/h11-18H,19-20H2,1-10H3/p+2. The number of fused-ring (bicyclic) bond motifs is 2. The maximum atomic E-state index is 13.3. The van der Waals surface area contributed by atoms with E-state index in [9.17, 15) is 9.90 Å². The van der Waals surface area contributed by atoms with Crippen LogP contribution in [-0.2, 0) is 28.7 Å². The van der Waals surface area contributed by atoms with Gasteiger partial charge in [0, 0.05) is 33.3 Å². The van der Waals surface area contributed by atoms with Crippen LogP contribution in [0.25, 0.3) is 0 Å². The molecule has 0 unspecified atom stereocenters. The Hall–Kier alpha value is -3.48. The highest BCUT2D eigenvalue weighted by atomic mass is 16.3. The molecule has 0 fully saturated rings. The SMILES string of the molecule is CC1(C)C(C=C2C(=O)C(C=C3Nc4ccc(C[N+](C)(C)C)cc4C3(C)C)=C2O)=Nc2ccc(C[N+](C)(C)C)cc21. The molecule has 2 N–H and O–H groups in total. The highest BCUT2D eigenvalue weighted by molar-refractivity contribution is 6.25. The summed E-state index contributed by atoms with van der Waals surface area (Å²) in [5.74, 6) is -0.110. The highest BCUT2D eigenvalue weighted by Crippen LogP contribution is 2.46. The summed E-state index contributed by atoms with van der Waals surface area (Å²) in [6.07, 6.45) is 3.60. The number of Topliss-reactive ketones (excluding diaryl/α,β-unsaturated/α-hetero) is 1. The summed E-state index contributed by atoms with van der Waals surface area (Å²) in [5, 5.41) is 14.5. The minimum Gasteiger partial charge on any atom is -0.506 e. The fourth-order valence-corrected chi connectivity index (χ4v) is 5.97. The minimum absolute atomic E-state index is 0.0388. The van der Waals surface area contributed by atoms with Gasteiger partial charge in [-0.15, -0.1) is 0 Å². The number of quaternary nitrogens is 2. The van der Waals surface area contributed by atoms with Gasteiger partial charge >= 0.3 is 0 Å². The number of anilines is 1. The molecule has 3 aliphatic rings. The van der Waals surface area contributed by atoms with Crippen molar-refractivity contribution in [3.8, 4) is 0 Å². The Kier molecular flexibility index (Phi) is 6.32. The summed E-state index contributed by atoms with van der Waals surface area (Å²) in [6, 6.07) is 13.0. The van der Waals surface area contributed by atoms with Crippen molar-refractivity contribution in [2.75, 3.05) is 47.6 Å². The first kappa shape index (κ1) is 28.1. The Morgan fingerprint density at radius 1 is 0.825 bits per heavy atom. The normalized spacial score (nSPS) is 21.4. The number of nitrogens with one attached hydrogen (secondary N) is 1. The monoisotopic (exact) mass is 540 g/mol. The van der Waals surface area contributed by atoms with Crippen LogP contribution in [0, 0.1) is 0 Å². The number of hydrogen-bond donors (Lipinski definition) is 2. The molecule has 0 atom stereocenters. The van der Waals surface area contributed by atoms with Crippen LogP contribution in [0.5, 0.6) is 0 Å². The van der Waals surface area contributed by atoms with E-state index in [2.05, 4.69) is 112 Å². The molecule has 40 heavy (non-hydrogen) atoms. The summed E-state index contributed by atoms with van der Waals surface area (Å²) in [4.78, 5) is 18.2. The molecule has 6 heteroatoms. The topological polar surface area (TPSA) is 61.7 Å². The van der Waals surface area contributed by atoms with Crippen LogP contribution in [0.15, 0.2) is 76.1 Å². The molecule has 0 aromatic heterocycles. The van der Waals surface area contributed by atoms with Crippen molar-refractivity contribution in [1.29, 1.82) is 0 Å². The second-order valence-corrected chi connectivity index (χ2v) is 14.7. The fourth-order valence-electron chi connectivity index (χ4n) is 5.97. The van der Waals surface area contributed by atoms with Gasteiger partial charge in [0.15, 0.2) is 0 Å². The van der Waals surface area contributed by atoms with Crippen molar-refractivity contribution in [2.24, 2.45) is 4.99 Å². The van der Waals surface area contributed by atoms with E-state index in [0.717, 1.165) is 50.4 Å². The van der Waals surface area contributed by atoms with E-state index in [1.165, 1.54) is 16.7 Å². The van der Waals surface area contributed by atoms with Crippen LogP contribution >= 0.6 is 0 Å². The second kappa shape index (κ2) is 9.02. The van der Waals surface area contributed by atoms with E-state index >= 15 is 0 Å². The molecule has 2 aromatic carbocycles. The third-order valence-corrected chi connectivity index (χ3v) is 8.20. The van der Waals surface area contributed by atoms with Crippen LogP contribution in [-0.4, -0.2) is 67.9 Å². The fraction of sp³-hybridized carbons (Fsp3) is 0.412. The van der Waals surface area contributed by atoms with Gasteiger partial charge in [-0.2, -0.15) is 0 Å². The van der Waals surface area contributed by atoms with Crippen LogP contribution in [0.2, 0.25) is 0 Å². The Balaban J connectivity index is 1.41. The molecule has 2 aliphatic heterocycles. The zero-order valence-corrected chi connectivity index (χ0v) is 25.7. The molecule has 210 valence electrons. The molecule has 0 radical (unpaired) electrons. The number of rotatable bonds is 6. The zero-order valence-electron chi connectivity index (χ0n) is 25.7. The molecule has 2 heterocycles. The number of aliphatic hydroxyl groups is 1. The molecule has 0 saturated carbocycles. The van der Waals surface area contributed by atoms with E-state index in [-0.39, 0.29) is 22.4 Å². The first-order valence-corrected chi connectivity index (χ1v) is 14.0. The maximum Gasteiger partial charge on any atom is 0.200 e. The molecule has 0 amide bonds. The van der Waals surface area contributed by atoms with Gasteiger partial charge in [-0.1, -0.05) is 39.8 Å². The van der Waals surface area contributed by atoms with Gasteiger partial charge < -0.3 is 19.4 Å². The molecule has 1 aliphatic carbocycles. The zero-order chi connectivity index (χ0) is 29.4. The van der Waals surface area contributed by atoms with Crippen molar-refractivity contribution in [2.45, 2.75) is 51.6 Å². The van der Waals surface area contributed by atoms with Crippen molar-refractivity contribution in [3.05, 3.63) is 93.4 Å². The summed E-state index contributed by atoms with van der Waals surface area (Å²) in [7, 11) is 13.1. The van der Waals surface area contributed by atoms with E-state index in [1.807, 2.05) is 6.08 Å². The van der Waals surface area contributed by atoms with Crippen molar-refractivity contribution in [3.63, 3.8) is 0 Å². The second-order valence-electron chi connectivity index (χ2n) is 14.7. The number of carbonyl (C=O) groups excluding carboxylic acids is 1. The van der Waals surface area contributed by atoms with Gasteiger partial charge in [-0.05, 0) is 47.5 Å². The molecule has 5 rings (SSSR count). The first-order valence-electron chi connectivity index (χ1n) is 14.0. The van der Waals surface area contributed by atoms with E-state index < -0.39 is 0 Å². The number of hydrogen-bond acceptors (Lipinski definition) is 4. The largest absolute Gasteiger partial charge is 0.506 e. The number of allylic oxidation sites excluding steroid dienone is 5.